The SMILES string of the molecule is CN(C)c1cc(-c2nccs2)c(O)c2c1C[C@H]1C[C@H]3[C@H](N(C)C)C(=O)C(C(N)=O)C(=O)[C@@]3(O)C(=O)C1C2=O. The number of aliphatic hydroxyl groups is 1. The summed E-state index contributed by atoms with van der Waals surface area (Å²) in [4.78, 5) is 74.1. The molecule has 6 atom stereocenters. The van der Waals surface area contributed by atoms with Gasteiger partial charge in [-0.25, -0.2) is 4.98 Å². The molecular weight excluding hydrogens is 512 g/mol. The van der Waals surface area contributed by atoms with Gasteiger partial charge in [-0.2, -0.15) is 0 Å². The number of anilines is 1. The molecule has 5 rings (SSSR count). The number of likely N-dealkylation sites (N-methyl/N-ethyl adjacent to an activating group) is 1. The molecule has 200 valence electrons. The number of Topliss-reactive ketones (excluding diaryl/α,β-unsaturated/α-hetero) is 4. The molecule has 2 aromatic rings. The van der Waals surface area contributed by atoms with Crippen LogP contribution >= 0.6 is 11.3 Å². The maximum Gasteiger partial charge on any atom is 0.235 e. The van der Waals surface area contributed by atoms with Crippen molar-refractivity contribution in [2.45, 2.75) is 24.5 Å². The van der Waals surface area contributed by atoms with Gasteiger partial charge in [0.2, 0.25) is 5.91 Å². The number of aromatic nitrogens is 1. The van der Waals surface area contributed by atoms with E-state index in [2.05, 4.69) is 4.98 Å². The van der Waals surface area contributed by atoms with Crippen molar-refractivity contribution in [3.05, 3.63) is 28.8 Å². The molecule has 4 N–H and O–H groups in total. The van der Waals surface area contributed by atoms with Crippen LogP contribution in [0.3, 0.4) is 0 Å². The highest BCUT2D eigenvalue weighted by atomic mass is 32.1. The topological polar surface area (TPSA) is 171 Å². The summed E-state index contributed by atoms with van der Waals surface area (Å²) >= 11 is 1.27. The second-order valence-electron chi connectivity index (χ2n) is 10.7. The number of fused-ring (bicyclic) bond motifs is 3. The minimum Gasteiger partial charge on any atom is -0.506 e. The number of carbonyl (C=O) groups excluding carboxylic acids is 5. The molecule has 0 spiro atoms. The smallest absolute Gasteiger partial charge is 0.235 e. The van der Waals surface area contributed by atoms with E-state index in [0.29, 0.717) is 21.8 Å². The van der Waals surface area contributed by atoms with Gasteiger partial charge in [0.25, 0.3) is 0 Å². The van der Waals surface area contributed by atoms with Crippen molar-refractivity contribution in [3.8, 4) is 16.3 Å². The summed E-state index contributed by atoms with van der Waals surface area (Å²) in [6, 6.07) is 0.612. The van der Waals surface area contributed by atoms with Crippen molar-refractivity contribution in [1.29, 1.82) is 0 Å². The third-order valence-corrected chi connectivity index (χ3v) is 8.99. The molecule has 12 heteroatoms. The fourth-order valence-corrected chi connectivity index (χ4v) is 7.23. The molecule has 11 nitrogen and oxygen atoms in total. The molecule has 3 aliphatic carbocycles. The lowest BCUT2D eigenvalue weighted by atomic mass is 9.52. The molecule has 2 unspecified atom stereocenters. The zero-order valence-corrected chi connectivity index (χ0v) is 22.1. The van der Waals surface area contributed by atoms with Crippen LogP contribution in [0, 0.1) is 23.7 Å². The van der Waals surface area contributed by atoms with Crippen LogP contribution in [0.5, 0.6) is 5.75 Å². The number of nitrogens with two attached hydrogens (primary N) is 1. The zero-order chi connectivity index (χ0) is 27.8. The van der Waals surface area contributed by atoms with E-state index in [4.69, 9.17) is 5.73 Å². The lowest BCUT2D eigenvalue weighted by Crippen LogP contribution is -2.74. The van der Waals surface area contributed by atoms with Crippen molar-refractivity contribution >= 4 is 46.1 Å². The first-order chi connectivity index (χ1) is 17.8. The van der Waals surface area contributed by atoms with E-state index in [1.54, 1.807) is 50.7 Å². The number of carbonyl (C=O) groups is 5. The highest BCUT2D eigenvalue weighted by Crippen LogP contribution is 2.53. The van der Waals surface area contributed by atoms with E-state index in [1.165, 1.54) is 16.2 Å². The zero-order valence-electron chi connectivity index (χ0n) is 21.3. The van der Waals surface area contributed by atoms with Gasteiger partial charge in [-0.3, -0.25) is 28.9 Å². The van der Waals surface area contributed by atoms with Crippen LogP contribution in [0.25, 0.3) is 10.6 Å². The van der Waals surface area contributed by atoms with Crippen LogP contribution in [0.15, 0.2) is 17.6 Å². The van der Waals surface area contributed by atoms with Crippen LogP contribution in [0.4, 0.5) is 5.69 Å². The van der Waals surface area contributed by atoms with Crippen molar-refractivity contribution in [1.82, 2.24) is 9.88 Å². The molecule has 1 aromatic carbocycles. The lowest BCUT2D eigenvalue weighted by molar-refractivity contribution is -0.181. The Hall–Kier alpha value is -3.48. The highest BCUT2D eigenvalue weighted by molar-refractivity contribution is 7.13. The molecule has 38 heavy (non-hydrogen) atoms. The minimum atomic E-state index is -2.75. The third kappa shape index (κ3) is 3.40. The second kappa shape index (κ2) is 8.79. The third-order valence-electron chi connectivity index (χ3n) is 8.18. The number of benzene rings is 1. The molecule has 1 aromatic heterocycles. The largest absolute Gasteiger partial charge is 0.506 e. The first kappa shape index (κ1) is 26.1. The summed E-state index contributed by atoms with van der Waals surface area (Å²) in [6.45, 7) is 0. The molecule has 0 aliphatic heterocycles. The molecule has 1 heterocycles. The Labute approximate surface area is 222 Å². The Morgan fingerprint density at radius 1 is 1.16 bits per heavy atom. The van der Waals surface area contributed by atoms with E-state index >= 15 is 0 Å². The Morgan fingerprint density at radius 2 is 1.84 bits per heavy atom. The van der Waals surface area contributed by atoms with Gasteiger partial charge in [0.05, 0.1) is 23.1 Å². The summed E-state index contributed by atoms with van der Waals surface area (Å²) in [5.41, 5.74) is 4.10. The molecule has 0 saturated heterocycles. The number of aromatic hydroxyl groups is 1. The number of hydrogen-bond donors (Lipinski definition) is 3. The average molecular weight is 541 g/mol. The standard InChI is InChI=1S/C26H28N4O7S/c1-29(2)14-9-12(25-28-5-6-38-25)19(31)16-11(14)7-10-8-13-18(30(3)4)21(33)17(24(27)36)23(35)26(13,37)22(34)15(10)20(16)32/h5-6,9-10,13,15,17-18,31,37H,7-8H2,1-4H3,(H2,27,36)/t10-,13-,15?,17?,18-,26-/m0/s1. The Kier molecular flexibility index (Phi) is 6.04. The summed E-state index contributed by atoms with van der Waals surface area (Å²) in [5, 5.41) is 25.1. The van der Waals surface area contributed by atoms with Crippen LogP contribution < -0.4 is 10.6 Å². The first-order valence-corrected chi connectivity index (χ1v) is 13.0. The number of rotatable bonds is 4. The quantitative estimate of drug-likeness (QED) is 0.450. The Bertz CT molecular complexity index is 1400. The summed E-state index contributed by atoms with van der Waals surface area (Å²) in [5.74, 6) is -10.6. The molecule has 0 radical (unpaired) electrons. The van der Waals surface area contributed by atoms with Gasteiger partial charge in [-0.1, -0.05) is 0 Å². The van der Waals surface area contributed by atoms with E-state index < -0.39 is 64.4 Å². The number of primary amides is 1. The van der Waals surface area contributed by atoms with Crippen LogP contribution in [0.1, 0.15) is 22.3 Å². The number of ketones is 4. The number of amides is 1. The van der Waals surface area contributed by atoms with Crippen LogP contribution in [-0.4, -0.2) is 89.0 Å². The van der Waals surface area contributed by atoms with Crippen molar-refractivity contribution in [2.24, 2.45) is 29.4 Å². The lowest BCUT2D eigenvalue weighted by Gasteiger charge is -2.52. The predicted molar refractivity (Wildman–Crippen MR) is 137 cm³/mol. The summed E-state index contributed by atoms with van der Waals surface area (Å²) < 4.78 is 0. The second-order valence-corrected chi connectivity index (χ2v) is 11.6. The molecule has 2 fully saturated rings. The molecule has 3 aliphatic rings. The van der Waals surface area contributed by atoms with Crippen molar-refractivity contribution in [3.63, 3.8) is 0 Å². The fourth-order valence-electron chi connectivity index (χ4n) is 6.57. The van der Waals surface area contributed by atoms with E-state index in [9.17, 15) is 34.2 Å². The van der Waals surface area contributed by atoms with Gasteiger partial charge in [-0.15, -0.1) is 11.3 Å². The molecule has 1 amide bonds. The molecule has 0 bridgehead atoms. The number of hydrogen-bond acceptors (Lipinski definition) is 11. The highest BCUT2D eigenvalue weighted by Gasteiger charge is 2.69. The first-order valence-electron chi connectivity index (χ1n) is 12.1. The summed E-state index contributed by atoms with van der Waals surface area (Å²) in [6.07, 6.45) is 1.77. The summed E-state index contributed by atoms with van der Waals surface area (Å²) in [7, 11) is 6.70. The number of nitrogens with zero attached hydrogens (tertiary/aromatic N) is 3. The predicted octanol–water partition coefficient (Wildman–Crippen LogP) is 0.0565. The average Bonchev–Trinajstić information content (AvgIpc) is 3.35. The van der Waals surface area contributed by atoms with Gasteiger partial charge in [0.1, 0.15) is 10.8 Å². The number of phenols is 1. The van der Waals surface area contributed by atoms with Gasteiger partial charge in [0.15, 0.2) is 34.7 Å². The van der Waals surface area contributed by atoms with Crippen molar-refractivity contribution < 1.29 is 34.2 Å². The maximum absolute atomic E-state index is 14.0. The minimum absolute atomic E-state index is 0.00571. The van der Waals surface area contributed by atoms with Gasteiger partial charge in [0, 0.05) is 37.3 Å². The van der Waals surface area contributed by atoms with E-state index in [-0.39, 0.29) is 24.2 Å². The Balaban J connectivity index is 1.69. The van der Waals surface area contributed by atoms with Crippen molar-refractivity contribution in [2.75, 3.05) is 33.1 Å². The Morgan fingerprint density at radius 3 is 2.39 bits per heavy atom. The van der Waals surface area contributed by atoms with Crippen LogP contribution in [0.2, 0.25) is 0 Å². The monoisotopic (exact) mass is 540 g/mol. The van der Waals surface area contributed by atoms with Gasteiger partial charge in [-0.05, 0) is 44.5 Å². The van der Waals surface area contributed by atoms with Gasteiger partial charge < -0.3 is 20.8 Å². The molecule has 2 saturated carbocycles. The van der Waals surface area contributed by atoms with E-state index in [0.717, 1.165) is 0 Å². The van der Waals surface area contributed by atoms with Crippen LogP contribution in [-0.2, 0) is 25.6 Å². The fraction of sp³-hybridized carbons (Fsp3) is 0.462. The number of phenolic OH excluding ortho intramolecular Hbond substituents is 1. The number of thiazole rings is 1. The maximum atomic E-state index is 14.0. The van der Waals surface area contributed by atoms with E-state index in [1.807, 2.05) is 0 Å². The van der Waals surface area contributed by atoms with Gasteiger partial charge >= 0.3 is 0 Å². The molecular formula is C26H28N4O7S. The normalized spacial score (nSPS) is 30.6.